The van der Waals surface area contributed by atoms with Crippen LogP contribution in [0.4, 0.5) is 23.7 Å². The van der Waals surface area contributed by atoms with Gasteiger partial charge in [0.1, 0.15) is 6.29 Å². The molecule has 1 aromatic rings. The Morgan fingerprint density at radius 1 is 1.28 bits per heavy atom. The predicted octanol–water partition coefficient (Wildman–Crippen LogP) is 2.26. The number of halogens is 3. The summed E-state index contributed by atoms with van der Waals surface area (Å²) in [5.74, 6) is 0. The number of carbonyl (C=O) groups excluding carboxylic acids is 2. The Hall–Kier alpha value is -2.05. The number of carbonyl (C=O) groups is 2. The van der Waals surface area contributed by atoms with Crippen LogP contribution in [0, 0.1) is 0 Å². The van der Waals surface area contributed by atoms with Crippen molar-refractivity contribution < 1.29 is 22.8 Å². The van der Waals surface area contributed by atoms with Crippen LogP contribution in [0.5, 0.6) is 0 Å². The lowest BCUT2D eigenvalue weighted by Gasteiger charge is -2.28. The molecular formula is C11H11F3N2O2. The molecule has 0 aromatic heterocycles. The fraction of sp³-hybridized carbons (Fsp3) is 0.273. The van der Waals surface area contributed by atoms with E-state index in [0.717, 1.165) is 7.05 Å². The topological polar surface area (TPSA) is 40.6 Å². The number of benzene rings is 1. The summed E-state index contributed by atoms with van der Waals surface area (Å²) in [7, 11) is 1.12. The highest BCUT2D eigenvalue weighted by molar-refractivity contribution is 5.93. The van der Waals surface area contributed by atoms with E-state index in [9.17, 15) is 22.8 Å². The maximum Gasteiger partial charge on any atom is 0.493 e. The normalized spacial score (nSPS) is 10.9. The van der Waals surface area contributed by atoms with Crippen LogP contribution >= 0.6 is 0 Å². The number of aldehydes is 1. The second-order valence-corrected chi connectivity index (χ2v) is 3.47. The largest absolute Gasteiger partial charge is 0.493 e. The quantitative estimate of drug-likeness (QED) is 0.618. The molecule has 0 N–H and O–H groups in total. The monoisotopic (exact) mass is 260 g/mol. The molecule has 0 spiro atoms. The fourth-order valence-corrected chi connectivity index (χ4v) is 1.30. The molecule has 0 fully saturated rings. The van der Waals surface area contributed by atoms with Crippen molar-refractivity contribution in [3.05, 3.63) is 30.3 Å². The van der Waals surface area contributed by atoms with Gasteiger partial charge in [0, 0.05) is 7.05 Å². The lowest BCUT2D eigenvalue weighted by molar-refractivity contribution is -0.123. The van der Waals surface area contributed by atoms with Crippen LogP contribution in [0.15, 0.2) is 30.3 Å². The number of nitrogens with zero attached hydrogens (tertiary/aromatic N) is 2. The van der Waals surface area contributed by atoms with E-state index in [1.807, 2.05) is 0 Å². The van der Waals surface area contributed by atoms with Crippen molar-refractivity contribution in [2.45, 2.75) is 6.30 Å². The molecule has 1 aromatic carbocycles. The van der Waals surface area contributed by atoms with Crippen LogP contribution in [0.3, 0.4) is 0 Å². The second kappa shape index (κ2) is 5.52. The standard InChI is InChI=1S/C11H11F3N2O2/c1-15(7-8-17)10(18)16(11(12,13)14)9-5-3-2-4-6-9/h2-6,8H,7H2,1H3. The van der Waals surface area contributed by atoms with E-state index in [1.165, 1.54) is 30.3 Å². The Morgan fingerprint density at radius 2 is 1.83 bits per heavy atom. The van der Waals surface area contributed by atoms with E-state index in [4.69, 9.17) is 0 Å². The highest BCUT2D eigenvalue weighted by atomic mass is 19.4. The highest BCUT2D eigenvalue weighted by Crippen LogP contribution is 2.29. The third kappa shape index (κ3) is 3.22. The minimum Gasteiger partial charge on any atom is -0.320 e. The molecule has 1 rings (SSSR count). The fourth-order valence-electron chi connectivity index (χ4n) is 1.30. The Bertz CT molecular complexity index is 420. The lowest BCUT2D eigenvalue weighted by atomic mass is 10.3. The molecular weight excluding hydrogens is 249 g/mol. The van der Waals surface area contributed by atoms with Crippen LogP contribution in [0.2, 0.25) is 0 Å². The Balaban J connectivity index is 3.08. The molecule has 98 valence electrons. The summed E-state index contributed by atoms with van der Waals surface area (Å²) >= 11 is 0. The average molecular weight is 260 g/mol. The van der Waals surface area contributed by atoms with Gasteiger partial charge in [-0.2, -0.15) is 0 Å². The van der Waals surface area contributed by atoms with Crippen LogP contribution in [0.1, 0.15) is 0 Å². The number of likely N-dealkylation sites (N-methyl/N-ethyl adjacent to an activating group) is 1. The molecule has 0 atom stereocenters. The van der Waals surface area contributed by atoms with Crippen molar-refractivity contribution in [2.24, 2.45) is 0 Å². The Labute approximate surface area is 102 Å². The van der Waals surface area contributed by atoms with Gasteiger partial charge in [-0.3, -0.25) is 0 Å². The van der Waals surface area contributed by atoms with Crippen molar-refractivity contribution in [1.82, 2.24) is 4.90 Å². The first-order valence-electron chi connectivity index (χ1n) is 4.98. The van der Waals surface area contributed by atoms with Gasteiger partial charge in [0.25, 0.3) is 0 Å². The molecule has 0 heterocycles. The summed E-state index contributed by atoms with van der Waals surface area (Å²) < 4.78 is 38.5. The van der Waals surface area contributed by atoms with E-state index in [-0.39, 0.29) is 10.6 Å². The third-order valence-corrected chi connectivity index (χ3v) is 2.13. The summed E-state index contributed by atoms with van der Waals surface area (Å²) in [5, 5.41) is 0. The second-order valence-electron chi connectivity index (χ2n) is 3.47. The maximum atomic E-state index is 12.8. The van der Waals surface area contributed by atoms with E-state index in [1.54, 1.807) is 0 Å². The van der Waals surface area contributed by atoms with Gasteiger partial charge in [-0.1, -0.05) is 18.2 Å². The van der Waals surface area contributed by atoms with Gasteiger partial charge in [0.05, 0.1) is 12.2 Å². The van der Waals surface area contributed by atoms with Gasteiger partial charge in [0.2, 0.25) is 0 Å². The van der Waals surface area contributed by atoms with Crippen molar-refractivity contribution in [3.8, 4) is 0 Å². The zero-order chi connectivity index (χ0) is 13.8. The molecule has 0 saturated heterocycles. The summed E-state index contributed by atoms with van der Waals surface area (Å²) in [6.45, 7) is -0.405. The molecule has 4 nitrogen and oxygen atoms in total. The van der Waals surface area contributed by atoms with Gasteiger partial charge in [-0.15, -0.1) is 13.2 Å². The number of hydrogen-bond donors (Lipinski definition) is 0. The first-order chi connectivity index (χ1) is 8.38. The Kier molecular flexibility index (Phi) is 4.30. The molecule has 0 bridgehead atoms. The van der Waals surface area contributed by atoms with Crippen molar-refractivity contribution in [1.29, 1.82) is 0 Å². The Morgan fingerprint density at radius 3 is 2.28 bits per heavy atom. The molecule has 0 radical (unpaired) electrons. The number of rotatable bonds is 3. The average Bonchev–Trinajstić information content (AvgIpc) is 2.29. The lowest BCUT2D eigenvalue weighted by Crippen LogP contribution is -2.49. The van der Waals surface area contributed by atoms with E-state index in [2.05, 4.69) is 0 Å². The molecule has 18 heavy (non-hydrogen) atoms. The van der Waals surface area contributed by atoms with Crippen LogP contribution in [-0.4, -0.2) is 37.1 Å². The smallest absolute Gasteiger partial charge is 0.320 e. The summed E-state index contributed by atoms with van der Waals surface area (Å²) in [6, 6.07) is 5.35. The van der Waals surface area contributed by atoms with Gasteiger partial charge >= 0.3 is 12.3 Å². The van der Waals surface area contributed by atoms with Crippen LogP contribution in [0.25, 0.3) is 0 Å². The van der Waals surface area contributed by atoms with Crippen LogP contribution in [-0.2, 0) is 4.79 Å². The zero-order valence-corrected chi connectivity index (χ0v) is 9.52. The number of alkyl halides is 3. The molecule has 0 saturated carbocycles. The number of anilines is 1. The van der Waals surface area contributed by atoms with Crippen molar-refractivity contribution in [2.75, 3.05) is 18.5 Å². The highest BCUT2D eigenvalue weighted by Gasteiger charge is 2.43. The molecule has 7 heteroatoms. The minimum absolute atomic E-state index is 0.298. The van der Waals surface area contributed by atoms with Crippen molar-refractivity contribution in [3.63, 3.8) is 0 Å². The molecule has 0 aliphatic rings. The molecule has 0 unspecified atom stereocenters. The molecule has 2 amide bonds. The first kappa shape index (κ1) is 14.0. The summed E-state index contributed by atoms with van der Waals surface area (Å²) in [4.78, 5) is 22.3. The number of para-hydroxylation sites is 1. The maximum absolute atomic E-state index is 12.8. The van der Waals surface area contributed by atoms with E-state index >= 15 is 0 Å². The number of hydrogen-bond acceptors (Lipinski definition) is 2. The minimum atomic E-state index is -4.85. The third-order valence-electron chi connectivity index (χ3n) is 2.13. The predicted molar refractivity (Wildman–Crippen MR) is 59.1 cm³/mol. The SMILES string of the molecule is CN(CC=O)C(=O)N(c1ccccc1)C(F)(F)F. The first-order valence-corrected chi connectivity index (χ1v) is 4.98. The van der Waals surface area contributed by atoms with Gasteiger partial charge in [-0.05, 0) is 12.1 Å². The summed E-state index contributed by atoms with van der Waals surface area (Å²) in [6.07, 6.45) is -4.49. The molecule has 0 aliphatic heterocycles. The summed E-state index contributed by atoms with van der Waals surface area (Å²) in [5.41, 5.74) is -0.298. The number of amides is 2. The van der Waals surface area contributed by atoms with Gasteiger partial charge in [0.15, 0.2) is 0 Å². The van der Waals surface area contributed by atoms with Gasteiger partial charge < -0.3 is 9.69 Å². The van der Waals surface area contributed by atoms with E-state index in [0.29, 0.717) is 11.2 Å². The van der Waals surface area contributed by atoms with Gasteiger partial charge in [-0.25, -0.2) is 9.69 Å². The van der Waals surface area contributed by atoms with Crippen molar-refractivity contribution >= 4 is 18.0 Å². The zero-order valence-electron chi connectivity index (χ0n) is 9.52. The van der Waals surface area contributed by atoms with E-state index < -0.39 is 18.9 Å². The molecule has 0 aliphatic carbocycles. The number of urea groups is 1. The van der Waals surface area contributed by atoms with Crippen LogP contribution < -0.4 is 4.90 Å².